The molecule has 0 fully saturated rings. The minimum absolute atomic E-state index is 0.0796. The maximum Gasteiger partial charge on any atom is 0.342 e. The molecule has 0 saturated heterocycles. The Morgan fingerprint density at radius 1 is 1.19 bits per heavy atom. The summed E-state index contributed by atoms with van der Waals surface area (Å²) in [6.45, 7) is 3.60. The highest BCUT2D eigenvalue weighted by molar-refractivity contribution is 7.92. The maximum absolute atomic E-state index is 12.5. The van der Waals surface area contributed by atoms with Crippen LogP contribution in [0.25, 0.3) is 11.0 Å². The fraction of sp³-hybridized carbons (Fsp3) is 0.167. The van der Waals surface area contributed by atoms with Crippen LogP contribution in [0.15, 0.2) is 51.8 Å². The molecule has 0 spiro atoms. The highest BCUT2D eigenvalue weighted by Crippen LogP contribution is 2.29. The summed E-state index contributed by atoms with van der Waals surface area (Å²) >= 11 is 5.79. The van der Waals surface area contributed by atoms with Gasteiger partial charge in [-0.05, 0) is 56.3 Å². The molecule has 8 heteroatoms. The van der Waals surface area contributed by atoms with Crippen molar-refractivity contribution in [2.45, 2.75) is 18.7 Å². The van der Waals surface area contributed by atoms with Crippen molar-refractivity contribution < 1.29 is 22.4 Å². The number of esters is 1. The number of carbonyl (C=O) groups excluding carboxylic acids is 1. The molecule has 26 heavy (non-hydrogen) atoms. The van der Waals surface area contributed by atoms with Crippen LogP contribution in [-0.2, 0) is 14.8 Å². The van der Waals surface area contributed by atoms with Crippen LogP contribution in [-0.4, -0.2) is 21.0 Å². The van der Waals surface area contributed by atoms with Gasteiger partial charge in [0.2, 0.25) is 0 Å². The number of hydrogen-bond donors (Lipinski definition) is 1. The molecular formula is C18H16ClNO5S. The molecule has 3 aromatic rings. The number of anilines is 1. The van der Waals surface area contributed by atoms with Gasteiger partial charge in [0.25, 0.3) is 10.0 Å². The number of rotatable bonds is 5. The molecule has 3 rings (SSSR count). The quantitative estimate of drug-likeness (QED) is 0.650. The Kier molecular flexibility index (Phi) is 4.93. The van der Waals surface area contributed by atoms with Crippen molar-refractivity contribution in [3.63, 3.8) is 0 Å². The Bertz CT molecular complexity index is 1070. The van der Waals surface area contributed by atoms with E-state index in [9.17, 15) is 13.2 Å². The monoisotopic (exact) mass is 393 g/mol. The number of halogens is 1. The Labute approximate surface area is 155 Å². The van der Waals surface area contributed by atoms with E-state index in [-0.39, 0.29) is 17.1 Å². The normalized spacial score (nSPS) is 11.5. The van der Waals surface area contributed by atoms with Crippen LogP contribution < -0.4 is 4.72 Å². The van der Waals surface area contributed by atoms with Gasteiger partial charge in [0.1, 0.15) is 16.9 Å². The van der Waals surface area contributed by atoms with Gasteiger partial charge in [0, 0.05) is 16.1 Å². The Morgan fingerprint density at radius 3 is 2.54 bits per heavy atom. The van der Waals surface area contributed by atoms with Crippen molar-refractivity contribution in [1.29, 1.82) is 0 Å². The van der Waals surface area contributed by atoms with Crippen LogP contribution in [0.2, 0.25) is 5.02 Å². The van der Waals surface area contributed by atoms with E-state index in [0.717, 1.165) is 0 Å². The SMILES string of the molecule is CCOC(=O)c1c(C)oc2ccc(NS(=O)(=O)c3ccc(Cl)cc3)cc12. The number of furan rings is 1. The summed E-state index contributed by atoms with van der Waals surface area (Å²) in [7, 11) is -3.79. The molecule has 0 atom stereocenters. The highest BCUT2D eigenvalue weighted by atomic mass is 35.5. The first-order valence-electron chi connectivity index (χ1n) is 7.80. The van der Waals surface area contributed by atoms with Crippen LogP contribution in [0.5, 0.6) is 0 Å². The number of carbonyl (C=O) groups is 1. The molecule has 136 valence electrons. The Hall–Kier alpha value is -2.51. The van der Waals surface area contributed by atoms with Crippen molar-refractivity contribution in [2.24, 2.45) is 0 Å². The lowest BCUT2D eigenvalue weighted by molar-refractivity contribution is 0.0526. The lowest BCUT2D eigenvalue weighted by Crippen LogP contribution is -2.12. The average molecular weight is 394 g/mol. The molecule has 1 N–H and O–H groups in total. The molecule has 0 aliphatic heterocycles. The summed E-state index contributed by atoms with van der Waals surface area (Å²) in [6.07, 6.45) is 0. The molecule has 0 amide bonds. The number of benzene rings is 2. The predicted octanol–water partition coefficient (Wildman–Crippen LogP) is 4.37. The van der Waals surface area contributed by atoms with Crippen molar-refractivity contribution >= 4 is 44.3 Å². The van der Waals surface area contributed by atoms with Crippen LogP contribution in [0.3, 0.4) is 0 Å². The number of nitrogens with one attached hydrogen (secondary N) is 1. The van der Waals surface area contributed by atoms with E-state index in [0.29, 0.717) is 27.4 Å². The number of fused-ring (bicyclic) bond motifs is 1. The standard InChI is InChI=1S/C18H16ClNO5S/c1-3-24-18(21)17-11(2)25-16-9-6-13(10-15(16)17)20-26(22,23)14-7-4-12(19)5-8-14/h4-10,20H,3H2,1-2H3. The van der Waals surface area contributed by atoms with Crippen LogP contribution in [0.1, 0.15) is 23.0 Å². The first-order chi connectivity index (χ1) is 12.3. The van der Waals surface area contributed by atoms with E-state index in [1.807, 2.05) is 0 Å². The molecule has 6 nitrogen and oxygen atoms in total. The lowest BCUT2D eigenvalue weighted by atomic mass is 10.1. The molecule has 0 bridgehead atoms. The zero-order valence-electron chi connectivity index (χ0n) is 14.1. The van der Waals surface area contributed by atoms with Crippen LogP contribution in [0.4, 0.5) is 5.69 Å². The fourth-order valence-corrected chi connectivity index (χ4v) is 3.74. The molecule has 0 aliphatic carbocycles. The first-order valence-corrected chi connectivity index (χ1v) is 9.66. The van der Waals surface area contributed by atoms with Crippen molar-refractivity contribution in [3.8, 4) is 0 Å². The van der Waals surface area contributed by atoms with Gasteiger partial charge in [-0.25, -0.2) is 13.2 Å². The van der Waals surface area contributed by atoms with E-state index in [4.69, 9.17) is 20.8 Å². The molecule has 0 unspecified atom stereocenters. The second kappa shape index (κ2) is 7.01. The molecule has 1 aromatic heterocycles. The predicted molar refractivity (Wildman–Crippen MR) is 99.2 cm³/mol. The van der Waals surface area contributed by atoms with Gasteiger partial charge < -0.3 is 9.15 Å². The number of ether oxygens (including phenoxy) is 1. The molecule has 2 aromatic carbocycles. The van der Waals surface area contributed by atoms with E-state index >= 15 is 0 Å². The van der Waals surface area contributed by atoms with Gasteiger partial charge >= 0.3 is 5.97 Å². The Balaban J connectivity index is 1.99. The van der Waals surface area contributed by atoms with Gasteiger partial charge in [-0.3, -0.25) is 4.72 Å². The van der Waals surface area contributed by atoms with Gasteiger partial charge in [-0.2, -0.15) is 0 Å². The molecular weight excluding hydrogens is 378 g/mol. The third kappa shape index (κ3) is 3.54. The smallest absolute Gasteiger partial charge is 0.342 e. The number of sulfonamides is 1. The maximum atomic E-state index is 12.5. The Morgan fingerprint density at radius 2 is 1.88 bits per heavy atom. The van der Waals surface area contributed by atoms with Crippen molar-refractivity contribution in [1.82, 2.24) is 0 Å². The van der Waals surface area contributed by atoms with Gasteiger partial charge in [0.15, 0.2) is 0 Å². The summed E-state index contributed by atoms with van der Waals surface area (Å²) in [4.78, 5) is 12.2. The van der Waals surface area contributed by atoms with Crippen molar-refractivity contribution in [2.75, 3.05) is 11.3 Å². The fourth-order valence-electron chi connectivity index (χ4n) is 2.57. The molecule has 0 radical (unpaired) electrons. The molecule has 0 aliphatic rings. The third-order valence-corrected chi connectivity index (χ3v) is 5.37. The second-order valence-corrected chi connectivity index (χ2v) is 7.64. The van der Waals surface area contributed by atoms with Crippen LogP contribution >= 0.6 is 11.6 Å². The van der Waals surface area contributed by atoms with Gasteiger partial charge in [0.05, 0.1) is 11.5 Å². The summed E-state index contributed by atoms with van der Waals surface area (Å²) in [6, 6.07) is 10.5. The summed E-state index contributed by atoms with van der Waals surface area (Å²) in [5.74, 6) is -0.0994. The summed E-state index contributed by atoms with van der Waals surface area (Å²) < 4.78 is 38.1. The summed E-state index contributed by atoms with van der Waals surface area (Å²) in [5.41, 5.74) is 1.06. The van der Waals surface area contributed by atoms with Gasteiger partial charge in [-0.15, -0.1) is 0 Å². The van der Waals surface area contributed by atoms with Gasteiger partial charge in [-0.1, -0.05) is 11.6 Å². The third-order valence-electron chi connectivity index (χ3n) is 3.72. The highest BCUT2D eigenvalue weighted by Gasteiger charge is 2.21. The summed E-state index contributed by atoms with van der Waals surface area (Å²) in [5, 5.41) is 0.926. The van der Waals surface area contributed by atoms with Crippen LogP contribution in [0, 0.1) is 6.92 Å². The second-order valence-electron chi connectivity index (χ2n) is 5.52. The van der Waals surface area contributed by atoms with E-state index in [1.165, 1.54) is 24.3 Å². The van der Waals surface area contributed by atoms with Crippen molar-refractivity contribution in [3.05, 3.63) is 58.8 Å². The largest absolute Gasteiger partial charge is 0.462 e. The molecule has 1 heterocycles. The molecule has 0 saturated carbocycles. The zero-order valence-corrected chi connectivity index (χ0v) is 15.6. The first kappa shape index (κ1) is 18.3. The lowest BCUT2D eigenvalue weighted by Gasteiger charge is -2.08. The zero-order chi connectivity index (χ0) is 18.9. The van der Waals surface area contributed by atoms with E-state index in [1.54, 1.807) is 32.0 Å². The van der Waals surface area contributed by atoms with E-state index in [2.05, 4.69) is 4.72 Å². The number of aryl methyl sites for hydroxylation is 1. The average Bonchev–Trinajstić information content (AvgIpc) is 2.90. The van der Waals surface area contributed by atoms with E-state index < -0.39 is 16.0 Å². The topological polar surface area (TPSA) is 85.6 Å². The number of hydrogen-bond acceptors (Lipinski definition) is 5. The minimum Gasteiger partial charge on any atom is -0.462 e. The minimum atomic E-state index is -3.79.